The van der Waals surface area contributed by atoms with E-state index in [2.05, 4.69) is 42.1 Å². The van der Waals surface area contributed by atoms with Crippen LogP contribution in [0.4, 0.5) is 5.69 Å². The van der Waals surface area contributed by atoms with E-state index in [0.717, 1.165) is 10.0 Å². The monoisotopic (exact) mass is 469 g/mol. The third kappa shape index (κ3) is 5.54. The molecule has 0 aliphatic heterocycles. The van der Waals surface area contributed by atoms with Gasteiger partial charge in [0.25, 0.3) is 5.69 Å². The molecule has 4 N–H and O–H groups in total. The van der Waals surface area contributed by atoms with Gasteiger partial charge in [-0.1, -0.05) is 15.9 Å². The van der Waals surface area contributed by atoms with Gasteiger partial charge < -0.3 is 16.2 Å². The molecule has 2 aromatic rings. The number of nitro groups is 1. The number of hydrogen-bond donors (Lipinski definition) is 2. The van der Waals surface area contributed by atoms with E-state index < -0.39 is 4.92 Å². The Bertz CT molecular complexity index is 834. The minimum atomic E-state index is -0.450. The number of nitrogens with zero attached hydrogens (tertiary/aromatic N) is 3. The maximum atomic E-state index is 10.7. The molecule has 0 amide bonds. The van der Waals surface area contributed by atoms with Crippen LogP contribution in [0.1, 0.15) is 11.1 Å². The van der Waals surface area contributed by atoms with Crippen LogP contribution in [0.2, 0.25) is 0 Å². The molecule has 0 aliphatic carbocycles. The van der Waals surface area contributed by atoms with Crippen LogP contribution in [0.3, 0.4) is 0 Å². The molecular formula is C15H13Br2N5O3. The quantitative estimate of drug-likeness (QED) is 0.289. The first-order valence-corrected chi connectivity index (χ1v) is 8.42. The van der Waals surface area contributed by atoms with Gasteiger partial charge in [0, 0.05) is 22.2 Å². The van der Waals surface area contributed by atoms with Gasteiger partial charge in [-0.15, -0.1) is 5.10 Å². The number of guanidine groups is 1. The van der Waals surface area contributed by atoms with Crippen LogP contribution in [-0.4, -0.2) is 17.1 Å². The average molecular weight is 471 g/mol. The maximum absolute atomic E-state index is 10.7. The molecule has 0 saturated heterocycles. The van der Waals surface area contributed by atoms with Crippen LogP contribution < -0.4 is 16.2 Å². The molecule has 0 heterocycles. The fraction of sp³-hybridized carbons (Fsp3) is 0.0667. The Morgan fingerprint density at radius 2 is 1.92 bits per heavy atom. The molecule has 2 rings (SSSR count). The highest BCUT2D eigenvalue weighted by molar-refractivity contribution is 9.11. The third-order valence-corrected chi connectivity index (χ3v) is 3.98. The lowest BCUT2D eigenvalue weighted by Crippen LogP contribution is -2.21. The zero-order valence-electron chi connectivity index (χ0n) is 12.7. The van der Waals surface area contributed by atoms with E-state index in [1.54, 1.807) is 18.2 Å². The SMILES string of the molecule is NC(N)=N/N=C/c1cc(Br)cc(Br)c1OCc1ccc([N+](=O)[O-])cc1. The van der Waals surface area contributed by atoms with Gasteiger partial charge in [0.05, 0.1) is 15.6 Å². The molecule has 10 heteroatoms. The second-order valence-corrected chi connectivity index (χ2v) is 6.56. The lowest BCUT2D eigenvalue weighted by molar-refractivity contribution is -0.384. The summed E-state index contributed by atoms with van der Waals surface area (Å²) in [5.74, 6) is 0.384. The van der Waals surface area contributed by atoms with Gasteiger partial charge in [0.2, 0.25) is 5.96 Å². The molecule has 0 fully saturated rings. The van der Waals surface area contributed by atoms with E-state index in [0.29, 0.717) is 15.8 Å². The Hall–Kier alpha value is -2.46. The normalized spacial score (nSPS) is 10.6. The number of rotatable bonds is 6. The number of nitrogens with two attached hydrogens (primary N) is 2. The second kappa shape index (κ2) is 8.58. The Morgan fingerprint density at radius 3 is 2.52 bits per heavy atom. The summed E-state index contributed by atoms with van der Waals surface area (Å²) >= 11 is 6.82. The molecule has 25 heavy (non-hydrogen) atoms. The molecule has 0 radical (unpaired) electrons. The smallest absolute Gasteiger partial charge is 0.269 e. The molecular weight excluding hydrogens is 458 g/mol. The van der Waals surface area contributed by atoms with Gasteiger partial charge in [-0.3, -0.25) is 10.1 Å². The molecule has 0 spiro atoms. The minimum absolute atomic E-state index is 0.0265. The van der Waals surface area contributed by atoms with E-state index in [-0.39, 0.29) is 18.3 Å². The highest BCUT2D eigenvalue weighted by Crippen LogP contribution is 2.32. The highest BCUT2D eigenvalue weighted by atomic mass is 79.9. The average Bonchev–Trinajstić information content (AvgIpc) is 2.54. The van der Waals surface area contributed by atoms with Crippen molar-refractivity contribution in [2.75, 3.05) is 0 Å². The topological polar surface area (TPSA) is 129 Å². The zero-order chi connectivity index (χ0) is 18.4. The molecule has 0 bridgehead atoms. The lowest BCUT2D eigenvalue weighted by Gasteiger charge is -2.12. The third-order valence-electron chi connectivity index (χ3n) is 2.94. The van der Waals surface area contributed by atoms with Gasteiger partial charge in [-0.25, -0.2) is 0 Å². The van der Waals surface area contributed by atoms with Crippen molar-refractivity contribution in [1.82, 2.24) is 0 Å². The summed E-state index contributed by atoms with van der Waals surface area (Å²) in [6.07, 6.45) is 1.46. The van der Waals surface area contributed by atoms with Gasteiger partial charge in [-0.05, 0) is 45.8 Å². The number of ether oxygens (including phenoxy) is 1. The number of benzene rings is 2. The van der Waals surface area contributed by atoms with Gasteiger partial charge in [0.15, 0.2) is 0 Å². The highest BCUT2D eigenvalue weighted by Gasteiger charge is 2.10. The first-order chi connectivity index (χ1) is 11.9. The Labute approximate surface area is 160 Å². The number of halogens is 2. The van der Waals surface area contributed by atoms with Crippen molar-refractivity contribution in [3.05, 3.63) is 66.6 Å². The first-order valence-electron chi connectivity index (χ1n) is 6.84. The Morgan fingerprint density at radius 1 is 1.24 bits per heavy atom. The summed E-state index contributed by atoms with van der Waals surface area (Å²) in [6, 6.07) is 9.74. The summed E-state index contributed by atoms with van der Waals surface area (Å²) in [7, 11) is 0. The van der Waals surface area contributed by atoms with Crippen LogP contribution in [0, 0.1) is 10.1 Å². The van der Waals surface area contributed by atoms with Crippen molar-refractivity contribution in [3.8, 4) is 5.75 Å². The van der Waals surface area contributed by atoms with E-state index in [1.165, 1.54) is 18.3 Å². The molecule has 2 aromatic carbocycles. The number of nitro benzene ring substituents is 1. The van der Waals surface area contributed by atoms with Gasteiger partial charge >= 0.3 is 0 Å². The summed E-state index contributed by atoms with van der Waals surface area (Å²) in [5.41, 5.74) is 11.9. The largest absolute Gasteiger partial charge is 0.487 e. The van der Waals surface area contributed by atoms with Gasteiger partial charge in [-0.2, -0.15) is 5.10 Å². The lowest BCUT2D eigenvalue weighted by atomic mass is 10.2. The Balaban J connectivity index is 2.21. The fourth-order valence-corrected chi connectivity index (χ4v) is 3.23. The van der Waals surface area contributed by atoms with E-state index in [1.807, 2.05) is 6.07 Å². The zero-order valence-corrected chi connectivity index (χ0v) is 15.9. The first kappa shape index (κ1) is 18.9. The molecule has 0 atom stereocenters. The minimum Gasteiger partial charge on any atom is -0.487 e. The Kier molecular flexibility index (Phi) is 6.48. The van der Waals surface area contributed by atoms with Crippen molar-refractivity contribution < 1.29 is 9.66 Å². The molecule has 0 saturated carbocycles. The van der Waals surface area contributed by atoms with Crippen LogP contribution in [0.5, 0.6) is 5.75 Å². The number of non-ortho nitro benzene ring substituents is 1. The predicted molar refractivity (Wildman–Crippen MR) is 103 cm³/mol. The molecule has 0 aliphatic rings. The van der Waals surface area contributed by atoms with Crippen LogP contribution in [-0.2, 0) is 6.61 Å². The van der Waals surface area contributed by atoms with Crippen LogP contribution in [0.15, 0.2) is 55.5 Å². The van der Waals surface area contributed by atoms with Crippen molar-refractivity contribution in [1.29, 1.82) is 0 Å². The maximum Gasteiger partial charge on any atom is 0.269 e. The van der Waals surface area contributed by atoms with Crippen molar-refractivity contribution in [3.63, 3.8) is 0 Å². The van der Waals surface area contributed by atoms with E-state index in [4.69, 9.17) is 16.2 Å². The summed E-state index contributed by atoms with van der Waals surface area (Å²) in [6.45, 7) is 0.224. The van der Waals surface area contributed by atoms with Crippen LogP contribution >= 0.6 is 31.9 Å². The number of hydrogen-bond acceptors (Lipinski definition) is 5. The standard InChI is InChI=1S/C15H13Br2N5O3/c16-11-5-10(7-20-21-15(18)19)14(13(17)6-11)25-8-9-1-3-12(4-2-9)22(23)24/h1-7H,8H2,(H4,18,19,21)/b20-7+. The predicted octanol–water partition coefficient (Wildman–Crippen LogP) is 3.31. The van der Waals surface area contributed by atoms with Crippen molar-refractivity contribution in [2.45, 2.75) is 6.61 Å². The fourth-order valence-electron chi connectivity index (χ4n) is 1.86. The van der Waals surface area contributed by atoms with Gasteiger partial charge in [0.1, 0.15) is 12.4 Å². The second-order valence-electron chi connectivity index (χ2n) is 4.79. The molecule has 130 valence electrons. The van der Waals surface area contributed by atoms with E-state index in [9.17, 15) is 10.1 Å². The van der Waals surface area contributed by atoms with E-state index >= 15 is 0 Å². The molecule has 8 nitrogen and oxygen atoms in total. The van der Waals surface area contributed by atoms with Crippen molar-refractivity contribution in [2.24, 2.45) is 21.7 Å². The summed E-state index contributed by atoms with van der Waals surface area (Å²) in [5, 5.41) is 18.0. The van der Waals surface area contributed by atoms with Crippen molar-refractivity contribution >= 4 is 49.7 Å². The van der Waals surface area contributed by atoms with Crippen LogP contribution in [0.25, 0.3) is 0 Å². The molecule has 0 unspecified atom stereocenters. The summed E-state index contributed by atoms with van der Waals surface area (Å²) < 4.78 is 7.34. The summed E-state index contributed by atoms with van der Waals surface area (Å²) in [4.78, 5) is 10.2. The molecule has 0 aromatic heterocycles.